The summed E-state index contributed by atoms with van der Waals surface area (Å²) in [7, 11) is 0. The molecule has 1 aliphatic rings. The SMILES string of the molecule is CC(=NNC(=O)c1ccc2c(c1)OCO2)c1ccc(NC(=O)c2ccncc2)cc1. The number of benzene rings is 2. The van der Waals surface area contributed by atoms with E-state index in [2.05, 4.69) is 20.8 Å². The second-order valence-electron chi connectivity index (χ2n) is 6.47. The maximum Gasteiger partial charge on any atom is 0.271 e. The molecule has 0 aliphatic carbocycles. The van der Waals surface area contributed by atoms with Gasteiger partial charge in [-0.2, -0.15) is 5.10 Å². The highest BCUT2D eigenvalue weighted by atomic mass is 16.7. The Morgan fingerprint density at radius 3 is 2.33 bits per heavy atom. The molecule has 0 spiro atoms. The number of hydrogen-bond acceptors (Lipinski definition) is 6. The molecule has 0 saturated carbocycles. The third-order valence-electron chi connectivity index (χ3n) is 4.46. The number of rotatable bonds is 5. The summed E-state index contributed by atoms with van der Waals surface area (Å²) in [4.78, 5) is 28.4. The van der Waals surface area contributed by atoms with Crippen molar-refractivity contribution in [3.05, 3.63) is 83.7 Å². The lowest BCUT2D eigenvalue weighted by atomic mass is 10.1. The summed E-state index contributed by atoms with van der Waals surface area (Å²) < 4.78 is 10.5. The van der Waals surface area contributed by atoms with Crippen molar-refractivity contribution in [1.29, 1.82) is 0 Å². The van der Waals surface area contributed by atoms with Crippen molar-refractivity contribution < 1.29 is 19.1 Å². The Bertz CT molecular complexity index is 1110. The highest BCUT2D eigenvalue weighted by Gasteiger charge is 2.16. The van der Waals surface area contributed by atoms with Gasteiger partial charge in [-0.05, 0) is 55.0 Å². The number of amides is 2. The molecule has 2 amide bonds. The Kier molecular flexibility index (Phi) is 5.38. The van der Waals surface area contributed by atoms with Gasteiger partial charge in [0.1, 0.15) is 0 Å². The van der Waals surface area contributed by atoms with Gasteiger partial charge >= 0.3 is 0 Å². The molecule has 1 aromatic heterocycles. The molecule has 2 N–H and O–H groups in total. The zero-order valence-electron chi connectivity index (χ0n) is 16.1. The molecule has 0 saturated heterocycles. The standard InChI is InChI=1S/C22H18N4O4/c1-14(25-26-22(28)17-4-7-19-20(12-17)30-13-29-19)15-2-5-18(6-3-15)24-21(27)16-8-10-23-11-9-16/h2-12H,13H2,1H3,(H,24,27)(H,26,28). The van der Waals surface area contributed by atoms with Crippen LogP contribution in [0.3, 0.4) is 0 Å². The normalized spacial score (nSPS) is 12.4. The monoisotopic (exact) mass is 402 g/mol. The molecule has 0 bridgehead atoms. The van der Waals surface area contributed by atoms with Gasteiger partial charge in [0.05, 0.1) is 5.71 Å². The van der Waals surface area contributed by atoms with E-state index >= 15 is 0 Å². The van der Waals surface area contributed by atoms with Crippen LogP contribution in [0.15, 0.2) is 72.1 Å². The molecule has 150 valence electrons. The van der Waals surface area contributed by atoms with E-state index < -0.39 is 0 Å². The Balaban J connectivity index is 1.38. The maximum atomic E-state index is 12.3. The molecule has 0 unspecified atom stereocenters. The van der Waals surface area contributed by atoms with Gasteiger partial charge in [0, 0.05) is 29.2 Å². The van der Waals surface area contributed by atoms with Crippen LogP contribution in [0.1, 0.15) is 33.2 Å². The molecule has 3 aromatic rings. The highest BCUT2D eigenvalue weighted by molar-refractivity contribution is 6.05. The van der Waals surface area contributed by atoms with Gasteiger partial charge in [0.15, 0.2) is 11.5 Å². The van der Waals surface area contributed by atoms with E-state index in [-0.39, 0.29) is 18.6 Å². The van der Waals surface area contributed by atoms with E-state index in [0.717, 1.165) is 5.56 Å². The zero-order chi connectivity index (χ0) is 20.9. The van der Waals surface area contributed by atoms with Crippen LogP contribution >= 0.6 is 0 Å². The van der Waals surface area contributed by atoms with Crippen molar-refractivity contribution in [2.45, 2.75) is 6.92 Å². The Hall–Kier alpha value is -4.20. The number of aromatic nitrogens is 1. The summed E-state index contributed by atoms with van der Waals surface area (Å²) in [6.45, 7) is 1.93. The predicted molar refractivity (Wildman–Crippen MR) is 111 cm³/mol. The average molecular weight is 402 g/mol. The van der Waals surface area contributed by atoms with Crippen LogP contribution in [-0.2, 0) is 0 Å². The number of ether oxygens (including phenoxy) is 2. The smallest absolute Gasteiger partial charge is 0.271 e. The molecule has 2 aromatic carbocycles. The quantitative estimate of drug-likeness (QED) is 0.504. The minimum Gasteiger partial charge on any atom is -0.454 e. The van der Waals surface area contributed by atoms with Crippen LogP contribution in [0.5, 0.6) is 11.5 Å². The number of nitrogens with zero attached hydrogens (tertiary/aromatic N) is 2. The molecule has 30 heavy (non-hydrogen) atoms. The lowest BCUT2D eigenvalue weighted by molar-refractivity contribution is 0.0953. The van der Waals surface area contributed by atoms with Crippen LogP contribution in [0.2, 0.25) is 0 Å². The molecule has 0 atom stereocenters. The number of nitrogens with one attached hydrogen (secondary N) is 2. The molecule has 0 radical (unpaired) electrons. The zero-order valence-corrected chi connectivity index (χ0v) is 16.1. The van der Waals surface area contributed by atoms with E-state index in [4.69, 9.17) is 9.47 Å². The number of hydrogen-bond donors (Lipinski definition) is 2. The summed E-state index contributed by atoms with van der Waals surface area (Å²) in [5.41, 5.74) is 5.56. The number of pyridine rings is 1. The van der Waals surface area contributed by atoms with Crippen molar-refractivity contribution in [3.8, 4) is 11.5 Å². The minimum absolute atomic E-state index is 0.149. The lowest BCUT2D eigenvalue weighted by Crippen LogP contribution is -2.19. The van der Waals surface area contributed by atoms with Crippen LogP contribution in [0.4, 0.5) is 5.69 Å². The topological polar surface area (TPSA) is 102 Å². The molecule has 2 heterocycles. The molecular formula is C22H18N4O4. The molecule has 4 rings (SSSR count). The average Bonchev–Trinajstić information content (AvgIpc) is 3.26. The van der Waals surface area contributed by atoms with Crippen LogP contribution in [-0.4, -0.2) is 29.3 Å². The Labute approximate surface area is 172 Å². The minimum atomic E-state index is -0.353. The van der Waals surface area contributed by atoms with Crippen LogP contribution in [0.25, 0.3) is 0 Å². The molecule has 8 nitrogen and oxygen atoms in total. The number of carbonyl (C=O) groups excluding carboxylic acids is 2. The van der Waals surface area contributed by atoms with Crippen LogP contribution < -0.4 is 20.2 Å². The van der Waals surface area contributed by atoms with Crippen molar-refractivity contribution in [1.82, 2.24) is 10.4 Å². The predicted octanol–water partition coefficient (Wildman–Crippen LogP) is 3.22. The fourth-order valence-corrected chi connectivity index (χ4v) is 2.80. The first kappa shape index (κ1) is 19.1. The van der Waals surface area contributed by atoms with Crippen molar-refractivity contribution in [3.63, 3.8) is 0 Å². The Morgan fingerprint density at radius 2 is 1.57 bits per heavy atom. The number of hydrazone groups is 1. The number of carbonyl (C=O) groups is 2. The summed E-state index contributed by atoms with van der Waals surface area (Å²) in [5, 5.41) is 6.97. The highest BCUT2D eigenvalue weighted by Crippen LogP contribution is 2.32. The summed E-state index contributed by atoms with van der Waals surface area (Å²) in [6.07, 6.45) is 3.13. The lowest BCUT2D eigenvalue weighted by Gasteiger charge is -2.07. The van der Waals surface area contributed by atoms with Gasteiger partial charge in [-0.3, -0.25) is 14.6 Å². The second kappa shape index (κ2) is 8.44. The first-order valence-electron chi connectivity index (χ1n) is 9.16. The number of fused-ring (bicyclic) bond motifs is 1. The first-order chi connectivity index (χ1) is 14.6. The van der Waals surface area contributed by atoms with E-state index in [1.54, 1.807) is 61.8 Å². The largest absolute Gasteiger partial charge is 0.454 e. The third-order valence-corrected chi connectivity index (χ3v) is 4.46. The van der Waals surface area contributed by atoms with Crippen molar-refractivity contribution in [2.24, 2.45) is 5.10 Å². The summed E-state index contributed by atoms with van der Waals surface area (Å²) >= 11 is 0. The van der Waals surface area contributed by atoms with Gasteiger partial charge in [0.25, 0.3) is 11.8 Å². The maximum absolute atomic E-state index is 12.3. The van der Waals surface area contributed by atoms with E-state index in [9.17, 15) is 9.59 Å². The third kappa shape index (κ3) is 4.27. The van der Waals surface area contributed by atoms with Gasteiger partial charge in [-0.15, -0.1) is 0 Å². The molecular weight excluding hydrogens is 384 g/mol. The van der Waals surface area contributed by atoms with E-state index in [1.807, 2.05) is 12.1 Å². The van der Waals surface area contributed by atoms with Gasteiger partial charge in [-0.1, -0.05) is 12.1 Å². The fourth-order valence-electron chi connectivity index (χ4n) is 2.80. The molecule has 0 fully saturated rings. The van der Waals surface area contributed by atoms with Crippen molar-refractivity contribution in [2.75, 3.05) is 12.1 Å². The van der Waals surface area contributed by atoms with Gasteiger partial charge in [-0.25, -0.2) is 5.43 Å². The van der Waals surface area contributed by atoms with E-state index in [0.29, 0.717) is 34.0 Å². The van der Waals surface area contributed by atoms with Gasteiger partial charge < -0.3 is 14.8 Å². The fraction of sp³-hybridized carbons (Fsp3) is 0.0909. The van der Waals surface area contributed by atoms with Crippen LogP contribution in [0, 0.1) is 0 Å². The molecule has 1 aliphatic heterocycles. The summed E-state index contributed by atoms with van der Waals surface area (Å²) in [5.74, 6) is 0.579. The molecule has 8 heteroatoms. The number of anilines is 1. The van der Waals surface area contributed by atoms with Gasteiger partial charge in [0.2, 0.25) is 6.79 Å². The van der Waals surface area contributed by atoms with E-state index in [1.165, 1.54) is 0 Å². The second-order valence-corrected chi connectivity index (χ2v) is 6.47. The Morgan fingerprint density at radius 1 is 0.867 bits per heavy atom. The summed E-state index contributed by atoms with van der Waals surface area (Å²) in [6, 6.07) is 15.4. The first-order valence-corrected chi connectivity index (χ1v) is 9.16. The van der Waals surface area contributed by atoms with Crippen molar-refractivity contribution >= 4 is 23.2 Å².